The van der Waals surface area contributed by atoms with Gasteiger partial charge >= 0.3 is 0 Å². The van der Waals surface area contributed by atoms with E-state index in [1.807, 2.05) is 0 Å². The van der Waals surface area contributed by atoms with Crippen LogP contribution in [0.3, 0.4) is 0 Å². The zero-order chi connectivity index (χ0) is 13.7. The van der Waals surface area contributed by atoms with Crippen LogP contribution in [0.4, 0.5) is 8.78 Å². The summed E-state index contributed by atoms with van der Waals surface area (Å²) in [5, 5.41) is 3.36. The van der Waals surface area contributed by atoms with Crippen LogP contribution in [0.1, 0.15) is 39.2 Å². The minimum atomic E-state index is -0.500. The minimum Gasteiger partial charge on any atom is -0.316 e. The molecule has 1 rings (SSSR count). The molecule has 0 heterocycles. The lowest BCUT2D eigenvalue weighted by molar-refractivity contribution is 0.438. The lowest BCUT2D eigenvalue weighted by atomic mass is 9.88. The molecule has 1 unspecified atom stereocenters. The van der Waals surface area contributed by atoms with Crippen LogP contribution in [0.15, 0.2) is 18.2 Å². The number of benzene rings is 1. The van der Waals surface area contributed by atoms with Crippen LogP contribution in [-0.2, 0) is 0 Å². The number of nitrogens with one attached hydrogen (secondary N) is 1. The molecule has 0 radical (unpaired) electrons. The Balaban J connectivity index is 2.77. The van der Waals surface area contributed by atoms with Gasteiger partial charge in [-0.15, -0.1) is 0 Å². The highest BCUT2D eigenvalue weighted by Gasteiger charge is 2.17. The highest BCUT2D eigenvalue weighted by Crippen LogP contribution is 2.25. The van der Waals surface area contributed by atoms with Crippen molar-refractivity contribution in [1.82, 2.24) is 5.32 Å². The summed E-state index contributed by atoms with van der Waals surface area (Å²) >= 11 is 0. The molecule has 1 atom stereocenters. The molecule has 18 heavy (non-hydrogen) atoms. The van der Waals surface area contributed by atoms with Gasteiger partial charge in [0.25, 0.3) is 0 Å². The summed E-state index contributed by atoms with van der Waals surface area (Å²) in [7, 11) is 0. The van der Waals surface area contributed by atoms with E-state index in [4.69, 9.17) is 0 Å². The van der Waals surface area contributed by atoms with E-state index in [2.05, 4.69) is 33.0 Å². The van der Waals surface area contributed by atoms with Gasteiger partial charge in [-0.2, -0.15) is 0 Å². The van der Waals surface area contributed by atoms with E-state index in [0.29, 0.717) is 11.8 Å². The van der Waals surface area contributed by atoms with Crippen molar-refractivity contribution in [1.29, 1.82) is 0 Å². The molecule has 0 aliphatic rings. The summed E-state index contributed by atoms with van der Waals surface area (Å²) in [6.45, 7) is 10.1. The SMILES string of the molecule is CC(C)CNCC(c1cc(F)cc(F)c1)C(C)C. The molecule has 3 heteroatoms. The Morgan fingerprint density at radius 2 is 1.50 bits per heavy atom. The Morgan fingerprint density at radius 3 is 1.94 bits per heavy atom. The van der Waals surface area contributed by atoms with Crippen LogP contribution in [0, 0.1) is 23.5 Å². The van der Waals surface area contributed by atoms with Crippen molar-refractivity contribution in [3.05, 3.63) is 35.4 Å². The standard InChI is InChI=1S/C15H23F2N/c1-10(2)8-18-9-15(11(3)4)12-5-13(16)7-14(17)6-12/h5-7,10-11,15,18H,8-9H2,1-4H3. The maximum absolute atomic E-state index is 13.2. The van der Waals surface area contributed by atoms with Gasteiger partial charge in [-0.3, -0.25) is 0 Å². The van der Waals surface area contributed by atoms with Gasteiger partial charge in [0, 0.05) is 12.6 Å². The Hall–Kier alpha value is -0.960. The molecule has 102 valence electrons. The average Bonchev–Trinajstić information content (AvgIpc) is 2.21. The third kappa shape index (κ3) is 4.73. The summed E-state index contributed by atoms with van der Waals surface area (Å²) in [5.74, 6) is 0.0425. The largest absolute Gasteiger partial charge is 0.316 e. The third-order valence-corrected chi connectivity index (χ3v) is 3.03. The van der Waals surface area contributed by atoms with Gasteiger partial charge in [0.05, 0.1) is 0 Å². The fourth-order valence-corrected chi connectivity index (χ4v) is 2.06. The Morgan fingerprint density at radius 1 is 0.944 bits per heavy atom. The van der Waals surface area contributed by atoms with Gasteiger partial charge in [0.1, 0.15) is 11.6 Å². The highest BCUT2D eigenvalue weighted by molar-refractivity contribution is 5.22. The molecule has 0 aliphatic carbocycles. The van der Waals surface area contributed by atoms with Crippen molar-refractivity contribution in [2.75, 3.05) is 13.1 Å². The first-order valence-corrected chi connectivity index (χ1v) is 6.57. The number of hydrogen-bond acceptors (Lipinski definition) is 1. The summed E-state index contributed by atoms with van der Waals surface area (Å²) < 4.78 is 26.5. The number of halogens is 2. The van der Waals surface area contributed by atoms with Crippen molar-refractivity contribution in [3.63, 3.8) is 0 Å². The number of rotatable bonds is 6. The van der Waals surface area contributed by atoms with Crippen molar-refractivity contribution in [3.8, 4) is 0 Å². The Labute approximate surface area is 109 Å². The van der Waals surface area contributed by atoms with Gasteiger partial charge in [0.2, 0.25) is 0 Å². The summed E-state index contributed by atoms with van der Waals surface area (Å²) in [5.41, 5.74) is 0.735. The van der Waals surface area contributed by atoms with Crippen LogP contribution in [0.25, 0.3) is 0 Å². The van der Waals surface area contributed by atoms with E-state index in [1.165, 1.54) is 12.1 Å². The van der Waals surface area contributed by atoms with Crippen molar-refractivity contribution >= 4 is 0 Å². The zero-order valence-electron chi connectivity index (χ0n) is 11.6. The van der Waals surface area contributed by atoms with Crippen LogP contribution < -0.4 is 5.32 Å². The van der Waals surface area contributed by atoms with Crippen LogP contribution in [-0.4, -0.2) is 13.1 Å². The van der Waals surface area contributed by atoms with E-state index < -0.39 is 11.6 Å². The topological polar surface area (TPSA) is 12.0 Å². The zero-order valence-corrected chi connectivity index (χ0v) is 11.6. The van der Waals surface area contributed by atoms with E-state index in [9.17, 15) is 8.78 Å². The fraction of sp³-hybridized carbons (Fsp3) is 0.600. The molecule has 1 aromatic carbocycles. The van der Waals surface area contributed by atoms with Crippen molar-refractivity contribution in [2.45, 2.75) is 33.6 Å². The quantitative estimate of drug-likeness (QED) is 0.811. The van der Waals surface area contributed by atoms with E-state index in [1.54, 1.807) is 0 Å². The molecule has 0 amide bonds. The molecule has 0 bridgehead atoms. The van der Waals surface area contributed by atoms with E-state index >= 15 is 0 Å². The molecule has 0 spiro atoms. The normalized spacial score (nSPS) is 13.3. The van der Waals surface area contributed by atoms with Crippen LogP contribution >= 0.6 is 0 Å². The van der Waals surface area contributed by atoms with E-state index in [0.717, 1.165) is 24.7 Å². The summed E-state index contributed by atoms with van der Waals surface area (Å²) in [6, 6.07) is 3.79. The summed E-state index contributed by atoms with van der Waals surface area (Å²) in [4.78, 5) is 0. The maximum atomic E-state index is 13.2. The predicted octanol–water partition coefficient (Wildman–Crippen LogP) is 3.95. The van der Waals surface area contributed by atoms with Gasteiger partial charge in [-0.05, 0) is 42.0 Å². The minimum absolute atomic E-state index is 0.133. The lowest BCUT2D eigenvalue weighted by Gasteiger charge is -2.22. The van der Waals surface area contributed by atoms with Gasteiger partial charge < -0.3 is 5.32 Å². The van der Waals surface area contributed by atoms with Gasteiger partial charge in [0.15, 0.2) is 0 Å². The number of hydrogen-bond donors (Lipinski definition) is 1. The molecule has 1 N–H and O–H groups in total. The first-order chi connectivity index (χ1) is 8.40. The molecule has 0 fully saturated rings. The van der Waals surface area contributed by atoms with Crippen LogP contribution in [0.5, 0.6) is 0 Å². The lowest BCUT2D eigenvalue weighted by Crippen LogP contribution is -2.28. The monoisotopic (exact) mass is 255 g/mol. The molecular weight excluding hydrogens is 232 g/mol. The molecule has 1 aromatic rings. The molecular formula is C15H23F2N. The second-order valence-electron chi connectivity index (χ2n) is 5.61. The smallest absolute Gasteiger partial charge is 0.126 e. The predicted molar refractivity (Wildman–Crippen MR) is 71.6 cm³/mol. The third-order valence-electron chi connectivity index (χ3n) is 3.03. The average molecular weight is 255 g/mol. The Bertz CT molecular complexity index is 355. The molecule has 0 saturated carbocycles. The van der Waals surface area contributed by atoms with Gasteiger partial charge in [-0.25, -0.2) is 8.78 Å². The molecule has 1 nitrogen and oxygen atoms in total. The maximum Gasteiger partial charge on any atom is 0.126 e. The Kier molecular flexibility index (Phi) is 5.73. The summed E-state index contributed by atoms with van der Waals surface area (Å²) in [6.07, 6.45) is 0. The first kappa shape index (κ1) is 15.1. The fourth-order valence-electron chi connectivity index (χ4n) is 2.06. The van der Waals surface area contributed by atoms with Gasteiger partial charge in [-0.1, -0.05) is 27.7 Å². The van der Waals surface area contributed by atoms with Crippen LogP contribution in [0.2, 0.25) is 0 Å². The molecule has 0 saturated heterocycles. The second kappa shape index (κ2) is 6.83. The van der Waals surface area contributed by atoms with E-state index in [-0.39, 0.29) is 5.92 Å². The van der Waals surface area contributed by atoms with Crippen molar-refractivity contribution in [2.24, 2.45) is 11.8 Å². The highest BCUT2D eigenvalue weighted by atomic mass is 19.1. The first-order valence-electron chi connectivity index (χ1n) is 6.57. The molecule has 0 aliphatic heterocycles. The second-order valence-corrected chi connectivity index (χ2v) is 5.61. The molecule has 0 aromatic heterocycles. The van der Waals surface area contributed by atoms with Crippen molar-refractivity contribution < 1.29 is 8.78 Å².